The lowest BCUT2D eigenvalue weighted by Crippen LogP contribution is -2.39. The van der Waals surface area contributed by atoms with E-state index in [2.05, 4.69) is 20.6 Å². The molecule has 0 saturated heterocycles. The van der Waals surface area contributed by atoms with Gasteiger partial charge < -0.3 is 15.4 Å². The molecule has 1 heterocycles. The van der Waals surface area contributed by atoms with Crippen LogP contribution in [0.1, 0.15) is 18.1 Å². The number of sulfone groups is 1. The summed E-state index contributed by atoms with van der Waals surface area (Å²) in [5.74, 6) is 0.634. The first-order chi connectivity index (χ1) is 13.4. The average Bonchev–Trinajstić information content (AvgIpc) is 2.65. The number of ether oxygens (including phenoxy) is 1. The molecule has 0 fully saturated rings. The summed E-state index contributed by atoms with van der Waals surface area (Å²) in [7, 11) is -3.23. The molecule has 0 radical (unpaired) electrons. The Morgan fingerprint density at radius 1 is 1.24 bits per heavy atom. The highest BCUT2D eigenvalue weighted by Gasteiger charge is 2.10. The van der Waals surface area contributed by atoms with Gasteiger partial charge in [0.2, 0.25) is 0 Å². The Morgan fingerprint density at radius 2 is 2.03 bits per heavy atom. The Morgan fingerprint density at radius 3 is 2.69 bits per heavy atom. The zero-order valence-corrected chi connectivity index (χ0v) is 19.5. The molecule has 29 heavy (non-hydrogen) atoms. The Balaban J connectivity index is 0.00000420. The predicted molar refractivity (Wildman–Crippen MR) is 123 cm³/mol. The van der Waals surface area contributed by atoms with Crippen LogP contribution in [-0.2, 0) is 22.1 Å². The summed E-state index contributed by atoms with van der Waals surface area (Å²) < 4.78 is 42.4. The third-order valence-corrected chi connectivity index (χ3v) is 4.47. The molecule has 0 bridgehead atoms. The van der Waals surface area contributed by atoms with Gasteiger partial charge in [0.1, 0.15) is 18.2 Å². The van der Waals surface area contributed by atoms with E-state index in [1.54, 1.807) is 18.5 Å². The standard InChI is InChI=1S/C19H25FN4O3S.HI/c1-3-22-19(23-9-10-27-18-5-4-8-21-13-18)24-12-16-11-17(20)7-6-15(16)14-28(2,25)26;/h4-8,11,13H,3,9-10,12,14H2,1-2H3,(H2,22,23,24);1H. The van der Waals surface area contributed by atoms with Crippen LogP contribution >= 0.6 is 24.0 Å². The second-order valence-electron chi connectivity index (χ2n) is 6.14. The van der Waals surface area contributed by atoms with Gasteiger partial charge in [-0.05, 0) is 42.3 Å². The van der Waals surface area contributed by atoms with Crippen molar-refractivity contribution in [1.29, 1.82) is 0 Å². The highest BCUT2D eigenvalue weighted by Crippen LogP contribution is 2.15. The molecular weight excluding hydrogens is 510 g/mol. The second-order valence-corrected chi connectivity index (χ2v) is 8.28. The molecule has 0 aliphatic rings. The SMILES string of the molecule is CCNC(=NCc1cc(F)ccc1CS(C)(=O)=O)NCCOc1cccnc1.I. The summed E-state index contributed by atoms with van der Waals surface area (Å²) in [6.45, 7) is 3.64. The molecule has 160 valence electrons. The Bertz CT molecular complexity index is 896. The van der Waals surface area contributed by atoms with Crippen molar-refractivity contribution in [2.24, 2.45) is 4.99 Å². The Hall–Kier alpha value is -1.95. The van der Waals surface area contributed by atoms with Gasteiger partial charge in [0.15, 0.2) is 15.8 Å². The summed E-state index contributed by atoms with van der Waals surface area (Å²) in [6.07, 6.45) is 4.45. The van der Waals surface area contributed by atoms with E-state index >= 15 is 0 Å². The lowest BCUT2D eigenvalue weighted by atomic mass is 10.1. The van der Waals surface area contributed by atoms with E-state index in [0.717, 1.165) is 6.26 Å². The normalized spacial score (nSPS) is 11.5. The zero-order valence-electron chi connectivity index (χ0n) is 16.4. The minimum atomic E-state index is -3.23. The molecule has 0 unspecified atom stereocenters. The number of guanidine groups is 1. The number of pyridine rings is 1. The van der Waals surface area contributed by atoms with Crippen molar-refractivity contribution in [3.63, 3.8) is 0 Å². The fourth-order valence-corrected chi connectivity index (χ4v) is 3.29. The van der Waals surface area contributed by atoms with Gasteiger partial charge in [0.25, 0.3) is 0 Å². The summed E-state index contributed by atoms with van der Waals surface area (Å²) in [6, 6.07) is 7.68. The van der Waals surface area contributed by atoms with Crippen LogP contribution in [0.15, 0.2) is 47.7 Å². The monoisotopic (exact) mass is 536 g/mol. The van der Waals surface area contributed by atoms with Crippen LogP contribution in [0.2, 0.25) is 0 Å². The predicted octanol–water partition coefficient (Wildman–Crippen LogP) is 2.52. The van der Waals surface area contributed by atoms with Gasteiger partial charge in [-0.2, -0.15) is 0 Å². The van der Waals surface area contributed by atoms with E-state index in [4.69, 9.17) is 4.74 Å². The molecule has 2 rings (SSSR count). The van der Waals surface area contributed by atoms with Gasteiger partial charge in [0.05, 0.1) is 25.0 Å². The lowest BCUT2D eigenvalue weighted by molar-refractivity contribution is 0.320. The van der Waals surface area contributed by atoms with Crippen molar-refractivity contribution in [3.8, 4) is 5.75 Å². The topological polar surface area (TPSA) is 92.7 Å². The summed E-state index contributed by atoms with van der Waals surface area (Å²) >= 11 is 0. The van der Waals surface area contributed by atoms with E-state index in [9.17, 15) is 12.8 Å². The first kappa shape index (κ1) is 25.1. The largest absolute Gasteiger partial charge is 0.490 e. The maximum Gasteiger partial charge on any atom is 0.191 e. The van der Waals surface area contributed by atoms with Gasteiger partial charge >= 0.3 is 0 Å². The van der Waals surface area contributed by atoms with Gasteiger partial charge in [0, 0.05) is 19.0 Å². The van der Waals surface area contributed by atoms with Crippen LogP contribution in [0.5, 0.6) is 5.75 Å². The molecule has 0 aliphatic heterocycles. The molecule has 2 aromatic rings. The average molecular weight is 536 g/mol. The maximum absolute atomic E-state index is 13.6. The van der Waals surface area contributed by atoms with E-state index in [1.807, 2.05) is 13.0 Å². The van der Waals surface area contributed by atoms with Crippen LogP contribution in [0, 0.1) is 5.82 Å². The molecule has 1 aromatic carbocycles. The van der Waals surface area contributed by atoms with Crippen LogP contribution < -0.4 is 15.4 Å². The van der Waals surface area contributed by atoms with Crippen molar-refractivity contribution < 1.29 is 17.5 Å². The van der Waals surface area contributed by atoms with E-state index in [0.29, 0.717) is 42.5 Å². The zero-order chi connectivity index (χ0) is 20.4. The molecule has 10 heteroatoms. The molecule has 1 aromatic heterocycles. The number of nitrogens with zero attached hydrogens (tertiary/aromatic N) is 2. The first-order valence-electron chi connectivity index (χ1n) is 8.87. The molecule has 0 aliphatic carbocycles. The first-order valence-corrected chi connectivity index (χ1v) is 10.9. The molecular formula is C19H26FIN4O3S. The highest BCUT2D eigenvalue weighted by molar-refractivity contribution is 14.0. The lowest BCUT2D eigenvalue weighted by Gasteiger charge is -2.13. The minimum Gasteiger partial charge on any atom is -0.490 e. The fraction of sp³-hybridized carbons (Fsp3) is 0.368. The number of hydrogen-bond acceptors (Lipinski definition) is 5. The fourth-order valence-electron chi connectivity index (χ4n) is 2.44. The van der Waals surface area contributed by atoms with Crippen molar-refractivity contribution >= 4 is 39.8 Å². The van der Waals surface area contributed by atoms with Crippen molar-refractivity contribution in [1.82, 2.24) is 15.6 Å². The molecule has 2 N–H and O–H groups in total. The molecule has 0 spiro atoms. The number of hydrogen-bond donors (Lipinski definition) is 2. The van der Waals surface area contributed by atoms with E-state index in [-0.39, 0.29) is 36.3 Å². The van der Waals surface area contributed by atoms with Crippen LogP contribution in [0.4, 0.5) is 4.39 Å². The van der Waals surface area contributed by atoms with Gasteiger partial charge in [-0.3, -0.25) is 4.98 Å². The Labute approximate surface area is 188 Å². The van der Waals surface area contributed by atoms with E-state index in [1.165, 1.54) is 18.2 Å². The smallest absolute Gasteiger partial charge is 0.191 e. The van der Waals surface area contributed by atoms with E-state index < -0.39 is 15.7 Å². The number of benzene rings is 1. The van der Waals surface area contributed by atoms with Crippen molar-refractivity contribution in [3.05, 3.63) is 59.7 Å². The van der Waals surface area contributed by atoms with Crippen molar-refractivity contribution in [2.75, 3.05) is 26.0 Å². The molecule has 7 nitrogen and oxygen atoms in total. The van der Waals surface area contributed by atoms with Gasteiger partial charge in [-0.25, -0.2) is 17.8 Å². The molecule has 0 atom stereocenters. The van der Waals surface area contributed by atoms with Gasteiger partial charge in [-0.1, -0.05) is 6.07 Å². The summed E-state index contributed by atoms with van der Waals surface area (Å²) in [5, 5.41) is 6.22. The number of aromatic nitrogens is 1. The number of nitrogens with one attached hydrogen (secondary N) is 2. The molecule has 0 amide bonds. The number of rotatable bonds is 9. The minimum absolute atomic E-state index is 0. The maximum atomic E-state index is 13.6. The number of halogens is 2. The highest BCUT2D eigenvalue weighted by atomic mass is 127. The Kier molecular flexibility index (Phi) is 10.9. The van der Waals surface area contributed by atoms with Crippen LogP contribution in [-0.4, -0.2) is 45.3 Å². The third-order valence-electron chi connectivity index (χ3n) is 3.64. The summed E-state index contributed by atoms with van der Waals surface area (Å²) in [5.41, 5.74) is 1.08. The van der Waals surface area contributed by atoms with Crippen LogP contribution in [0.25, 0.3) is 0 Å². The number of aliphatic imine (C=N–C) groups is 1. The third kappa shape index (κ3) is 9.88. The van der Waals surface area contributed by atoms with Gasteiger partial charge in [-0.15, -0.1) is 24.0 Å². The van der Waals surface area contributed by atoms with Crippen LogP contribution in [0.3, 0.4) is 0 Å². The summed E-state index contributed by atoms with van der Waals surface area (Å²) in [4.78, 5) is 8.40. The quantitative estimate of drug-likeness (QED) is 0.222. The molecule has 0 saturated carbocycles. The van der Waals surface area contributed by atoms with Crippen molar-refractivity contribution in [2.45, 2.75) is 19.2 Å². The second kappa shape index (κ2) is 12.6.